The third-order valence-electron chi connectivity index (χ3n) is 3.84. The first-order valence-electron chi connectivity index (χ1n) is 6.93. The lowest BCUT2D eigenvalue weighted by Crippen LogP contribution is -2.33. The fourth-order valence-corrected chi connectivity index (χ4v) is 2.79. The second-order valence-corrected chi connectivity index (χ2v) is 5.03. The minimum atomic E-state index is -0.0638. The third kappa shape index (κ3) is 1.95. The molecule has 0 aliphatic carbocycles. The molecule has 0 fully saturated rings. The smallest absolute Gasteiger partial charge is 0.220 e. The van der Waals surface area contributed by atoms with Crippen LogP contribution >= 0.6 is 0 Å². The van der Waals surface area contributed by atoms with Gasteiger partial charge < -0.3 is 10.2 Å². The number of amides is 1. The minimum absolute atomic E-state index is 0.0638. The molecule has 1 aliphatic heterocycles. The molecular weight excluding hydrogens is 248 g/mol. The number of anilines is 2. The molecule has 2 aromatic rings. The van der Waals surface area contributed by atoms with Crippen LogP contribution in [0.25, 0.3) is 0 Å². The molecule has 0 atom stereocenters. The fourth-order valence-electron chi connectivity index (χ4n) is 2.79. The molecule has 0 radical (unpaired) electrons. The van der Waals surface area contributed by atoms with Gasteiger partial charge in [-0.2, -0.15) is 0 Å². The van der Waals surface area contributed by atoms with Crippen molar-refractivity contribution in [2.45, 2.75) is 19.4 Å². The van der Waals surface area contributed by atoms with Crippen molar-refractivity contribution in [2.24, 2.45) is 0 Å². The molecule has 3 heteroatoms. The highest BCUT2D eigenvalue weighted by Crippen LogP contribution is 2.42. The van der Waals surface area contributed by atoms with Crippen molar-refractivity contribution in [3.63, 3.8) is 0 Å². The lowest BCUT2D eigenvalue weighted by molar-refractivity contribution is -0.121. The van der Waals surface area contributed by atoms with Gasteiger partial charge in [-0.05, 0) is 12.1 Å². The summed E-state index contributed by atoms with van der Waals surface area (Å²) in [6.07, 6.45) is 0.497. The Morgan fingerprint density at radius 3 is 2.05 bits per heavy atom. The Morgan fingerprint density at radius 2 is 1.55 bits per heavy atom. The van der Waals surface area contributed by atoms with E-state index in [4.69, 9.17) is 0 Å². The number of carbonyl (C=O) groups is 1. The van der Waals surface area contributed by atoms with Crippen LogP contribution in [-0.4, -0.2) is 13.0 Å². The van der Waals surface area contributed by atoms with Crippen LogP contribution in [0, 0.1) is 0 Å². The predicted molar refractivity (Wildman–Crippen MR) is 81.2 cm³/mol. The van der Waals surface area contributed by atoms with Gasteiger partial charge in [0.05, 0.1) is 6.04 Å². The molecule has 3 nitrogen and oxygen atoms in total. The van der Waals surface area contributed by atoms with Gasteiger partial charge in [0.15, 0.2) is 0 Å². The number of fused-ring (bicyclic) bond motifs is 2. The Morgan fingerprint density at radius 1 is 1.05 bits per heavy atom. The van der Waals surface area contributed by atoms with Crippen molar-refractivity contribution >= 4 is 17.3 Å². The highest BCUT2D eigenvalue weighted by atomic mass is 16.1. The van der Waals surface area contributed by atoms with Crippen LogP contribution in [0.15, 0.2) is 48.5 Å². The summed E-state index contributed by atoms with van der Waals surface area (Å²) in [7, 11) is 2.07. The first-order valence-corrected chi connectivity index (χ1v) is 6.93. The van der Waals surface area contributed by atoms with Crippen molar-refractivity contribution in [1.29, 1.82) is 0 Å². The molecule has 0 bridgehead atoms. The summed E-state index contributed by atoms with van der Waals surface area (Å²) in [4.78, 5) is 14.0. The zero-order chi connectivity index (χ0) is 14.1. The summed E-state index contributed by atoms with van der Waals surface area (Å²) >= 11 is 0. The molecule has 2 aromatic carbocycles. The maximum Gasteiger partial charge on any atom is 0.220 e. The summed E-state index contributed by atoms with van der Waals surface area (Å²) in [5, 5.41) is 3.14. The molecule has 102 valence electrons. The number of benzene rings is 2. The number of rotatable bonds is 2. The number of nitrogens with zero attached hydrogens (tertiary/aromatic N) is 1. The summed E-state index contributed by atoms with van der Waals surface area (Å²) < 4.78 is 0. The van der Waals surface area contributed by atoms with Gasteiger partial charge in [0.2, 0.25) is 5.91 Å². The Labute approximate surface area is 119 Å². The van der Waals surface area contributed by atoms with Crippen molar-refractivity contribution in [3.8, 4) is 0 Å². The summed E-state index contributed by atoms with van der Waals surface area (Å²) in [6.45, 7) is 1.88. The second kappa shape index (κ2) is 5.00. The SMILES string of the molecule is CCC(=O)NC1c2ccccc2N(C)c2ccccc21. The quantitative estimate of drug-likeness (QED) is 0.903. The van der Waals surface area contributed by atoms with E-state index in [0.717, 1.165) is 22.5 Å². The molecule has 0 saturated heterocycles. The highest BCUT2D eigenvalue weighted by molar-refractivity contribution is 5.81. The molecular formula is C17H18N2O. The van der Waals surface area contributed by atoms with Crippen molar-refractivity contribution in [3.05, 3.63) is 59.7 Å². The molecule has 1 N–H and O–H groups in total. The molecule has 0 spiro atoms. The van der Waals surface area contributed by atoms with Crippen LogP contribution in [0.5, 0.6) is 0 Å². The van der Waals surface area contributed by atoms with E-state index in [0.29, 0.717) is 6.42 Å². The first kappa shape index (κ1) is 12.7. The fraction of sp³-hybridized carbons (Fsp3) is 0.235. The Balaban J connectivity index is 2.14. The van der Waals surface area contributed by atoms with E-state index in [1.165, 1.54) is 0 Å². The summed E-state index contributed by atoms with van der Waals surface area (Å²) in [5.41, 5.74) is 4.59. The van der Waals surface area contributed by atoms with Crippen molar-refractivity contribution in [2.75, 3.05) is 11.9 Å². The average molecular weight is 266 g/mol. The van der Waals surface area contributed by atoms with Crippen LogP contribution in [-0.2, 0) is 4.79 Å². The number of carbonyl (C=O) groups excluding carboxylic acids is 1. The Kier molecular flexibility index (Phi) is 3.18. The molecule has 1 aliphatic rings. The number of nitrogens with one attached hydrogen (secondary N) is 1. The summed E-state index contributed by atoms with van der Waals surface area (Å²) in [5.74, 6) is 0.0733. The van der Waals surface area contributed by atoms with Crippen LogP contribution in [0.2, 0.25) is 0 Å². The van der Waals surface area contributed by atoms with Gasteiger partial charge in [-0.1, -0.05) is 43.3 Å². The normalized spacial score (nSPS) is 13.6. The van der Waals surface area contributed by atoms with Gasteiger partial charge in [0, 0.05) is 36.0 Å². The maximum absolute atomic E-state index is 11.9. The van der Waals surface area contributed by atoms with Gasteiger partial charge in [-0.25, -0.2) is 0 Å². The van der Waals surface area contributed by atoms with E-state index in [-0.39, 0.29) is 11.9 Å². The Hall–Kier alpha value is -2.29. The van der Waals surface area contributed by atoms with Gasteiger partial charge in [0.1, 0.15) is 0 Å². The molecule has 1 heterocycles. The van der Waals surface area contributed by atoms with E-state index in [1.807, 2.05) is 31.2 Å². The standard InChI is InChI=1S/C17H18N2O/c1-3-16(20)18-17-12-8-4-6-10-14(12)19(2)15-11-7-5-9-13(15)17/h4-11,17H,3H2,1-2H3,(H,18,20). The molecule has 3 rings (SSSR count). The zero-order valence-corrected chi connectivity index (χ0v) is 11.8. The third-order valence-corrected chi connectivity index (χ3v) is 3.84. The van der Waals surface area contributed by atoms with Gasteiger partial charge in [-0.3, -0.25) is 4.79 Å². The Bertz CT molecular complexity index is 603. The number of para-hydroxylation sites is 2. The molecule has 0 saturated carbocycles. The highest BCUT2D eigenvalue weighted by Gasteiger charge is 2.28. The van der Waals surface area contributed by atoms with Crippen LogP contribution < -0.4 is 10.2 Å². The van der Waals surface area contributed by atoms with Gasteiger partial charge in [0.25, 0.3) is 0 Å². The summed E-state index contributed by atoms with van der Waals surface area (Å²) in [6, 6.07) is 16.4. The van der Waals surface area contributed by atoms with Crippen LogP contribution in [0.3, 0.4) is 0 Å². The molecule has 0 unspecified atom stereocenters. The predicted octanol–water partition coefficient (Wildman–Crippen LogP) is 3.38. The van der Waals surface area contributed by atoms with Gasteiger partial charge in [-0.15, -0.1) is 0 Å². The lowest BCUT2D eigenvalue weighted by atomic mass is 9.91. The van der Waals surface area contributed by atoms with E-state index >= 15 is 0 Å². The monoisotopic (exact) mass is 266 g/mol. The van der Waals surface area contributed by atoms with Crippen LogP contribution in [0.4, 0.5) is 11.4 Å². The molecule has 1 amide bonds. The maximum atomic E-state index is 11.9. The van der Waals surface area contributed by atoms with Crippen molar-refractivity contribution < 1.29 is 4.79 Å². The van der Waals surface area contributed by atoms with E-state index < -0.39 is 0 Å². The van der Waals surface area contributed by atoms with E-state index in [9.17, 15) is 4.79 Å². The average Bonchev–Trinajstić information content (AvgIpc) is 2.51. The van der Waals surface area contributed by atoms with Crippen LogP contribution in [0.1, 0.15) is 30.5 Å². The largest absolute Gasteiger partial charge is 0.345 e. The van der Waals surface area contributed by atoms with Crippen molar-refractivity contribution in [1.82, 2.24) is 5.32 Å². The number of hydrogen-bond donors (Lipinski definition) is 1. The second-order valence-electron chi connectivity index (χ2n) is 5.03. The van der Waals surface area contributed by atoms with E-state index in [1.54, 1.807) is 0 Å². The van der Waals surface area contributed by atoms with E-state index in [2.05, 4.69) is 41.5 Å². The van der Waals surface area contributed by atoms with Gasteiger partial charge >= 0.3 is 0 Å². The molecule has 0 aromatic heterocycles. The zero-order valence-electron chi connectivity index (χ0n) is 11.8. The minimum Gasteiger partial charge on any atom is -0.345 e. The molecule has 20 heavy (non-hydrogen) atoms. The topological polar surface area (TPSA) is 32.3 Å². The number of hydrogen-bond acceptors (Lipinski definition) is 2. The lowest BCUT2D eigenvalue weighted by Gasteiger charge is -2.35. The first-order chi connectivity index (χ1) is 9.72.